The molecule has 1 aromatic heterocycles. The van der Waals surface area contributed by atoms with Gasteiger partial charge in [0, 0.05) is 49.3 Å². The number of carbonyl (C=O) groups is 13. The van der Waals surface area contributed by atoms with Crippen LogP contribution in [0.3, 0.4) is 0 Å². The minimum Gasteiger partial charge on any atom is -0.481 e. The van der Waals surface area contributed by atoms with Crippen LogP contribution in [0.2, 0.25) is 0 Å². The molecule has 29 nitrogen and oxygen atoms in total. The number of amides is 9. The SMILES string of the molecule is CC(C)C[C@H](NC(=O)[C@H](C)NC(=O)[C@H](CCC(=O)O)NC(=O)[C@H](Cc1c[nH]c2ccccc12)NC(=O)[C@H](Cc1ccccc1)NC(=O)CNC(=O)[C@H](CC(=O)O)NC(=O)[C@@H]1CCCN1C(=O)[C@H](CCC(=O)O)NC(=O)[C@@H](N)CO)C(=O)O. The Morgan fingerprint density at radius 3 is 1.80 bits per heavy atom. The fourth-order valence-corrected chi connectivity index (χ4v) is 8.82. The lowest BCUT2D eigenvalue weighted by molar-refractivity contribution is -0.144. The zero-order valence-electron chi connectivity index (χ0n) is 45.3. The van der Waals surface area contributed by atoms with Crippen LogP contribution in [-0.4, -0.2) is 187 Å². The summed E-state index contributed by atoms with van der Waals surface area (Å²) < 4.78 is 0. The molecular formula is C53H71N11O18. The topological polar surface area (TPSA) is 464 Å². The van der Waals surface area contributed by atoms with Crippen LogP contribution in [0, 0.1) is 5.92 Å². The molecule has 2 heterocycles. The van der Waals surface area contributed by atoms with Crippen molar-refractivity contribution in [1.29, 1.82) is 0 Å². The molecule has 1 saturated heterocycles. The van der Waals surface area contributed by atoms with Gasteiger partial charge in [0.2, 0.25) is 53.2 Å². The predicted molar refractivity (Wildman–Crippen MR) is 287 cm³/mol. The molecular weight excluding hydrogens is 1080 g/mol. The molecule has 9 amide bonds. The number of H-pyrrole nitrogens is 1. The van der Waals surface area contributed by atoms with Crippen molar-refractivity contribution in [2.45, 2.75) is 139 Å². The Balaban J connectivity index is 1.56. The molecule has 1 fully saturated rings. The Bertz CT molecular complexity index is 2810. The third kappa shape index (κ3) is 20.6. The molecule has 1 aliphatic rings. The van der Waals surface area contributed by atoms with Gasteiger partial charge in [0.1, 0.15) is 54.4 Å². The van der Waals surface area contributed by atoms with Gasteiger partial charge < -0.3 is 83.7 Å². The molecule has 0 unspecified atom stereocenters. The number of carboxylic acids is 4. The number of aromatic nitrogens is 1. The van der Waals surface area contributed by atoms with Gasteiger partial charge in [0.15, 0.2) is 0 Å². The lowest BCUT2D eigenvalue weighted by Gasteiger charge is -2.30. The highest BCUT2D eigenvalue weighted by molar-refractivity contribution is 5.99. The molecule has 9 atom stereocenters. The highest BCUT2D eigenvalue weighted by Crippen LogP contribution is 2.22. The summed E-state index contributed by atoms with van der Waals surface area (Å²) in [7, 11) is 0. The summed E-state index contributed by atoms with van der Waals surface area (Å²) in [6.45, 7) is 2.96. The Morgan fingerprint density at radius 2 is 1.20 bits per heavy atom. The number of aromatic amines is 1. The molecule has 446 valence electrons. The second-order valence-corrected chi connectivity index (χ2v) is 20.0. The summed E-state index contributed by atoms with van der Waals surface area (Å²) in [4.78, 5) is 174. The average Bonchev–Trinajstić information content (AvgIpc) is 4.30. The van der Waals surface area contributed by atoms with Crippen molar-refractivity contribution in [1.82, 2.24) is 52.4 Å². The number of likely N-dealkylation sites (tertiary alicyclic amines) is 1. The van der Waals surface area contributed by atoms with Gasteiger partial charge in [-0.2, -0.15) is 0 Å². The maximum absolute atomic E-state index is 14.5. The Morgan fingerprint density at radius 1 is 0.622 bits per heavy atom. The number of carboxylic acid groups (broad SMARTS) is 4. The minimum atomic E-state index is -1.85. The summed E-state index contributed by atoms with van der Waals surface area (Å²) in [5.41, 5.74) is 7.21. The highest BCUT2D eigenvalue weighted by Gasteiger charge is 2.40. The molecule has 29 heteroatoms. The number of rotatable bonds is 33. The fourth-order valence-electron chi connectivity index (χ4n) is 8.82. The second kappa shape index (κ2) is 31.7. The monoisotopic (exact) mass is 1150 g/mol. The molecule has 0 bridgehead atoms. The maximum atomic E-state index is 14.5. The van der Waals surface area contributed by atoms with E-state index in [1.54, 1.807) is 74.6 Å². The van der Waals surface area contributed by atoms with Crippen LogP contribution in [0.15, 0.2) is 60.8 Å². The van der Waals surface area contributed by atoms with E-state index in [1.807, 2.05) is 0 Å². The Hall–Kier alpha value is -8.99. The van der Waals surface area contributed by atoms with Crippen molar-refractivity contribution in [2.24, 2.45) is 11.7 Å². The number of nitrogens with two attached hydrogens (primary N) is 1. The van der Waals surface area contributed by atoms with Crippen molar-refractivity contribution in [3.63, 3.8) is 0 Å². The number of benzene rings is 2. The number of hydrogen-bond donors (Lipinski definition) is 15. The minimum absolute atomic E-state index is 0.00295. The maximum Gasteiger partial charge on any atom is 0.326 e. The first-order valence-electron chi connectivity index (χ1n) is 26.3. The van der Waals surface area contributed by atoms with Crippen molar-refractivity contribution in [3.05, 3.63) is 71.9 Å². The summed E-state index contributed by atoms with van der Waals surface area (Å²) in [6, 6.07) is 1.62. The average molecular weight is 1150 g/mol. The third-order valence-electron chi connectivity index (χ3n) is 13.1. The summed E-state index contributed by atoms with van der Waals surface area (Å²) in [6.07, 6.45) is -1.80. The van der Waals surface area contributed by atoms with Crippen molar-refractivity contribution >= 4 is 87.9 Å². The van der Waals surface area contributed by atoms with E-state index in [1.165, 1.54) is 6.92 Å². The van der Waals surface area contributed by atoms with E-state index in [0.717, 1.165) is 4.90 Å². The second-order valence-electron chi connectivity index (χ2n) is 20.0. The van der Waals surface area contributed by atoms with Gasteiger partial charge in [0.05, 0.1) is 19.6 Å². The van der Waals surface area contributed by atoms with Crippen LogP contribution in [0.1, 0.15) is 83.3 Å². The molecule has 1 aliphatic heterocycles. The first-order chi connectivity index (χ1) is 38.8. The van der Waals surface area contributed by atoms with Gasteiger partial charge in [0.25, 0.3) is 0 Å². The van der Waals surface area contributed by atoms with E-state index in [0.29, 0.717) is 22.0 Å². The molecule has 0 saturated carbocycles. The van der Waals surface area contributed by atoms with E-state index < -0.39 is 177 Å². The quantitative estimate of drug-likeness (QED) is 0.0291. The Labute approximate surface area is 469 Å². The van der Waals surface area contributed by atoms with Crippen LogP contribution in [0.25, 0.3) is 10.9 Å². The smallest absolute Gasteiger partial charge is 0.326 e. The van der Waals surface area contributed by atoms with Gasteiger partial charge in [-0.3, -0.25) is 57.5 Å². The zero-order chi connectivity index (χ0) is 60.8. The molecule has 82 heavy (non-hydrogen) atoms. The fraction of sp³-hybridized carbons (Fsp3) is 0.491. The van der Waals surface area contributed by atoms with E-state index in [2.05, 4.69) is 47.5 Å². The van der Waals surface area contributed by atoms with Crippen molar-refractivity contribution in [2.75, 3.05) is 19.7 Å². The van der Waals surface area contributed by atoms with Crippen molar-refractivity contribution < 1.29 is 87.9 Å². The van der Waals surface area contributed by atoms with Crippen molar-refractivity contribution in [3.8, 4) is 0 Å². The molecule has 0 spiro atoms. The molecule has 0 aliphatic carbocycles. The zero-order valence-corrected chi connectivity index (χ0v) is 45.3. The molecule has 2 aromatic carbocycles. The predicted octanol–water partition coefficient (Wildman–Crippen LogP) is -2.87. The normalized spacial score (nSPS) is 15.9. The lowest BCUT2D eigenvalue weighted by atomic mass is 10.0. The number of hydrogen-bond acceptors (Lipinski definition) is 15. The van der Waals surface area contributed by atoms with Crippen LogP contribution < -0.4 is 48.3 Å². The molecule has 4 rings (SSSR count). The third-order valence-corrected chi connectivity index (χ3v) is 13.1. The number of nitrogens with zero attached hydrogens (tertiary/aromatic N) is 1. The lowest BCUT2D eigenvalue weighted by Crippen LogP contribution is -2.59. The number of aliphatic hydroxyl groups is 1. The number of fused-ring (bicyclic) bond motifs is 1. The van der Waals surface area contributed by atoms with Gasteiger partial charge in [-0.1, -0.05) is 62.4 Å². The van der Waals surface area contributed by atoms with Gasteiger partial charge in [-0.25, -0.2) is 4.79 Å². The first-order valence-corrected chi connectivity index (χ1v) is 26.3. The van der Waals surface area contributed by atoms with Gasteiger partial charge in [-0.05, 0) is 62.1 Å². The summed E-state index contributed by atoms with van der Waals surface area (Å²) in [5, 5.41) is 67.3. The van der Waals surface area contributed by atoms with E-state index >= 15 is 0 Å². The van der Waals surface area contributed by atoms with Crippen LogP contribution in [0.4, 0.5) is 0 Å². The van der Waals surface area contributed by atoms with E-state index in [9.17, 15) is 87.9 Å². The van der Waals surface area contributed by atoms with Crippen LogP contribution in [-0.2, 0) is 75.2 Å². The van der Waals surface area contributed by atoms with E-state index in [-0.39, 0.29) is 44.6 Å². The molecule has 0 radical (unpaired) electrons. The van der Waals surface area contributed by atoms with Crippen LogP contribution in [0.5, 0.6) is 0 Å². The number of para-hydroxylation sites is 1. The largest absolute Gasteiger partial charge is 0.481 e. The first kappa shape index (κ1) is 65.5. The summed E-state index contributed by atoms with van der Waals surface area (Å²) in [5.74, 6) is -14.6. The molecule has 3 aromatic rings. The van der Waals surface area contributed by atoms with E-state index in [4.69, 9.17) is 5.73 Å². The summed E-state index contributed by atoms with van der Waals surface area (Å²) >= 11 is 0. The van der Waals surface area contributed by atoms with Gasteiger partial charge >= 0.3 is 23.9 Å². The Kier molecular flexibility index (Phi) is 25.3. The number of aliphatic carboxylic acids is 4. The number of carbonyl (C=O) groups excluding carboxylic acids is 9. The number of nitrogens with one attached hydrogen (secondary N) is 9. The molecule has 16 N–H and O–H groups in total. The highest BCUT2D eigenvalue weighted by atomic mass is 16.4. The van der Waals surface area contributed by atoms with Gasteiger partial charge in [-0.15, -0.1) is 0 Å². The standard InChI is InChI=1S/C53H71N11O18/c1-27(2)20-39(53(81)82)63-45(73)28(3)57-48(76)34(15-17-42(67)68)59-50(78)37(22-30-24-55-33-13-8-7-12-31(30)33)61-49(77)36(21-29-10-5-4-6-11-29)58-41(66)25-56-47(75)38(23-44(71)72)62-51(79)40-14-9-19-64(40)52(80)35(16-18-43(69)70)60-46(74)32(54)26-65/h4-8,10-13,24,27-28,32,34-40,55,65H,9,14-23,25-26,54H2,1-3H3,(H,56,75)(H,57,76)(H,58,66)(H,59,78)(H,60,74)(H,61,77)(H,62,79)(H,63,73)(H,67,68)(H,69,70)(H,71,72)(H,81,82)/t28-,32-,34-,35-,36-,37-,38-,39-,40-/m0/s1. The number of aliphatic hydroxyl groups excluding tert-OH is 1. The van der Waals surface area contributed by atoms with Crippen LogP contribution >= 0.6 is 0 Å².